The first-order valence-corrected chi connectivity index (χ1v) is 10.5. The summed E-state index contributed by atoms with van der Waals surface area (Å²) in [6.45, 7) is 0.224. The zero-order valence-corrected chi connectivity index (χ0v) is 15.8. The van der Waals surface area contributed by atoms with Gasteiger partial charge in [0.2, 0.25) is 10.0 Å². The third-order valence-electron chi connectivity index (χ3n) is 3.94. The second-order valence-corrected chi connectivity index (χ2v) is 8.68. The van der Waals surface area contributed by atoms with Crippen LogP contribution in [0, 0.1) is 5.82 Å². The Morgan fingerprint density at radius 2 is 1.96 bits per heavy atom. The van der Waals surface area contributed by atoms with Gasteiger partial charge in [-0.2, -0.15) is 4.31 Å². The zero-order chi connectivity index (χ0) is 19.4. The van der Waals surface area contributed by atoms with Gasteiger partial charge in [-0.25, -0.2) is 17.6 Å². The Balaban J connectivity index is 1.64. The number of halogens is 1. The summed E-state index contributed by atoms with van der Waals surface area (Å²) in [7, 11) is -3.76. The number of hydrogen-bond acceptors (Lipinski definition) is 6. The number of hydrogen-bond donors (Lipinski definition) is 1. The Hall–Kier alpha value is -2.30. The average molecular weight is 412 g/mol. The maximum atomic E-state index is 13.1. The van der Waals surface area contributed by atoms with Crippen molar-refractivity contribution >= 4 is 38.9 Å². The van der Waals surface area contributed by atoms with Crippen molar-refractivity contribution in [2.75, 3.05) is 25.0 Å². The molecule has 0 bridgehead atoms. The molecule has 2 aromatic rings. The van der Waals surface area contributed by atoms with Crippen molar-refractivity contribution in [2.45, 2.75) is 17.7 Å². The van der Waals surface area contributed by atoms with E-state index in [9.17, 15) is 22.4 Å². The van der Waals surface area contributed by atoms with Crippen LogP contribution in [0.25, 0.3) is 0 Å². The van der Waals surface area contributed by atoms with E-state index in [2.05, 4.69) is 5.32 Å². The van der Waals surface area contributed by atoms with Gasteiger partial charge in [0.1, 0.15) is 15.6 Å². The number of ether oxygens (including phenoxy) is 1. The number of nitrogens with one attached hydrogen (secondary N) is 1. The molecule has 0 radical (unpaired) electrons. The predicted molar refractivity (Wildman–Crippen MR) is 97.6 cm³/mol. The van der Waals surface area contributed by atoms with Crippen LogP contribution in [-0.4, -0.2) is 44.3 Å². The molecule has 1 fully saturated rings. The zero-order valence-electron chi connectivity index (χ0n) is 14.2. The Bertz CT molecular complexity index is 952. The fourth-order valence-corrected chi connectivity index (χ4v) is 5.48. The second kappa shape index (κ2) is 8.15. The van der Waals surface area contributed by atoms with Gasteiger partial charge in [0, 0.05) is 18.8 Å². The lowest BCUT2D eigenvalue weighted by Crippen LogP contribution is -2.29. The van der Waals surface area contributed by atoms with Gasteiger partial charge in [0.15, 0.2) is 6.61 Å². The molecule has 1 aromatic heterocycles. The molecule has 3 rings (SSSR count). The van der Waals surface area contributed by atoms with Crippen LogP contribution in [0.5, 0.6) is 0 Å². The number of nitrogens with zero attached hydrogens (tertiary/aromatic N) is 1. The molecule has 7 nitrogen and oxygen atoms in total. The first-order valence-electron chi connectivity index (χ1n) is 8.18. The summed E-state index contributed by atoms with van der Waals surface area (Å²) in [5.41, 5.74) is 0.226. The predicted octanol–water partition coefficient (Wildman–Crippen LogP) is 2.47. The van der Waals surface area contributed by atoms with Crippen LogP contribution in [0.1, 0.15) is 22.5 Å². The molecule has 0 atom stereocenters. The van der Waals surface area contributed by atoms with E-state index in [1.165, 1.54) is 34.0 Å². The summed E-state index contributed by atoms with van der Waals surface area (Å²) < 4.78 is 44.7. The highest BCUT2D eigenvalue weighted by Crippen LogP contribution is 2.28. The molecule has 1 N–H and O–H groups in total. The third kappa shape index (κ3) is 4.52. The Morgan fingerprint density at radius 1 is 1.22 bits per heavy atom. The van der Waals surface area contributed by atoms with Gasteiger partial charge >= 0.3 is 5.97 Å². The van der Waals surface area contributed by atoms with Crippen molar-refractivity contribution in [2.24, 2.45) is 0 Å². The van der Waals surface area contributed by atoms with Crippen molar-refractivity contribution < 1.29 is 27.1 Å². The van der Waals surface area contributed by atoms with E-state index in [4.69, 9.17) is 4.74 Å². The smallest absolute Gasteiger partial charge is 0.350 e. The number of thiophene rings is 1. The van der Waals surface area contributed by atoms with Gasteiger partial charge in [-0.3, -0.25) is 4.79 Å². The summed E-state index contributed by atoms with van der Waals surface area (Å²) in [4.78, 5) is 23.9. The van der Waals surface area contributed by atoms with Gasteiger partial charge in [-0.1, -0.05) is 6.07 Å². The molecule has 1 aliphatic heterocycles. The highest BCUT2D eigenvalue weighted by atomic mass is 32.2. The minimum atomic E-state index is -3.76. The van der Waals surface area contributed by atoms with Crippen LogP contribution in [0.2, 0.25) is 0 Å². The highest BCUT2D eigenvalue weighted by molar-refractivity contribution is 7.89. The number of carbonyl (C=O) groups is 2. The lowest BCUT2D eigenvalue weighted by Gasteiger charge is -2.15. The van der Waals surface area contributed by atoms with E-state index >= 15 is 0 Å². The molecule has 27 heavy (non-hydrogen) atoms. The van der Waals surface area contributed by atoms with E-state index in [1.54, 1.807) is 0 Å². The molecule has 0 saturated carbocycles. The Morgan fingerprint density at radius 3 is 2.67 bits per heavy atom. The van der Waals surface area contributed by atoms with Crippen molar-refractivity contribution in [3.05, 3.63) is 46.4 Å². The van der Waals surface area contributed by atoms with Crippen LogP contribution in [0.3, 0.4) is 0 Å². The number of benzene rings is 1. The van der Waals surface area contributed by atoms with Crippen molar-refractivity contribution in [1.82, 2.24) is 4.31 Å². The molecule has 2 heterocycles. The van der Waals surface area contributed by atoms with Crippen LogP contribution in [0.4, 0.5) is 10.1 Å². The minimum absolute atomic E-state index is 0.0690. The van der Waals surface area contributed by atoms with Crippen LogP contribution >= 0.6 is 11.3 Å². The highest BCUT2D eigenvalue weighted by Gasteiger charge is 2.32. The fourth-order valence-electron chi connectivity index (χ4n) is 2.68. The molecule has 10 heteroatoms. The maximum Gasteiger partial charge on any atom is 0.350 e. The third-order valence-corrected chi connectivity index (χ3v) is 6.90. The summed E-state index contributed by atoms with van der Waals surface area (Å²) in [6.07, 6.45) is 1.56. The van der Waals surface area contributed by atoms with Crippen LogP contribution < -0.4 is 5.32 Å². The molecule has 1 amide bonds. The SMILES string of the molecule is O=C(COC(=O)c1sccc1S(=O)(=O)N1CCCC1)Nc1cccc(F)c1. The average Bonchev–Trinajstić information content (AvgIpc) is 3.31. The van der Waals surface area contributed by atoms with Crippen molar-refractivity contribution in [3.8, 4) is 0 Å². The van der Waals surface area contributed by atoms with E-state index in [0.717, 1.165) is 30.2 Å². The second-order valence-electron chi connectivity index (χ2n) is 5.86. The number of esters is 1. The topological polar surface area (TPSA) is 92.8 Å². The standard InChI is InChI=1S/C17H17FN2O5S2/c18-12-4-3-5-13(10-12)19-15(21)11-25-17(22)16-14(6-9-26-16)27(23,24)20-7-1-2-8-20/h3-6,9-10H,1-2,7-8,11H2,(H,19,21). The lowest BCUT2D eigenvalue weighted by molar-refractivity contribution is -0.119. The molecule has 0 spiro atoms. The number of amides is 1. The van der Waals surface area contributed by atoms with Gasteiger partial charge < -0.3 is 10.1 Å². The van der Waals surface area contributed by atoms with Crippen LogP contribution in [0.15, 0.2) is 40.6 Å². The fraction of sp³-hybridized carbons (Fsp3) is 0.294. The molecule has 1 saturated heterocycles. The van der Waals surface area contributed by atoms with Crippen LogP contribution in [-0.2, 0) is 19.6 Å². The molecule has 1 aliphatic rings. The molecule has 144 valence electrons. The molecular formula is C17H17FN2O5S2. The number of anilines is 1. The normalized spacial score (nSPS) is 14.9. The summed E-state index contributed by atoms with van der Waals surface area (Å²) in [6, 6.07) is 6.64. The minimum Gasteiger partial charge on any atom is -0.451 e. The summed E-state index contributed by atoms with van der Waals surface area (Å²) in [5.74, 6) is -2.06. The van der Waals surface area contributed by atoms with E-state index in [1.807, 2.05) is 0 Å². The number of rotatable bonds is 6. The van der Waals surface area contributed by atoms with E-state index in [0.29, 0.717) is 13.1 Å². The monoisotopic (exact) mass is 412 g/mol. The largest absolute Gasteiger partial charge is 0.451 e. The Kier molecular flexibility index (Phi) is 5.88. The van der Waals surface area contributed by atoms with Gasteiger partial charge in [0.25, 0.3) is 5.91 Å². The van der Waals surface area contributed by atoms with Crippen molar-refractivity contribution in [1.29, 1.82) is 0 Å². The number of sulfonamides is 1. The van der Waals surface area contributed by atoms with Gasteiger partial charge in [-0.15, -0.1) is 11.3 Å². The van der Waals surface area contributed by atoms with E-state index in [-0.39, 0.29) is 15.5 Å². The first kappa shape index (κ1) is 19.5. The molecule has 1 aromatic carbocycles. The van der Waals surface area contributed by atoms with Crippen molar-refractivity contribution in [3.63, 3.8) is 0 Å². The number of carbonyl (C=O) groups excluding carboxylic acids is 2. The Labute approximate surface area is 159 Å². The van der Waals surface area contributed by atoms with E-state index < -0.39 is 34.3 Å². The lowest BCUT2D eigenvalue weighted by atomic mass is 10.3. The quantitative estimate of drug-likeness (QED) is 0.736. The molecule has 0 aliphatic carbocycles. The van der Waals surface area contributed by atoms with Gasteiger partial charge in [0.05, 0.1) is 0 Å². The maximum absolute atomic E-state index is 13.1. The van der Waals surface area contributed by atoms with Gasteiger partial charge in [-0.05, 0) is 42.5 Å². The first-order chi connectivity index (χ1) is 12.9. The molecule has 0 unspecified atom stereocenters. The summed E-state index contributed by atoms with van der Waals surface area (Å²) in [5, 5.41) is 3.89. The molecular weight excluding hydrogens is 395 g/mol. The summed E-state index contributed by atoms with van der Waals surface area (Å²) >= 11 is 0.939.